The molecule has 0 aromatic carbocycles. The molecule has 1 aliphatic heterocycles. The molecule has 13 heavy (non-hydrogen) atoms. The van der Waals surface area contributed by atoms with Gasteiger partial charge in [-0.3, -0.25) is 0 Å². The number of ether oxygens (including phenoxy) is 1. The van der Waals surface area contributed by atoms with Gasteiger partial charge in [0, 0.05) is 24.2 Å². The highest BCUT2D eigenvalue weighted by Crippen LogP contribution is 2.14. The van der Waals surface area contributed by atoms with Gasteiger partial charge in [0.05, 0.1) is 5.25 Å². The van der Waals surface area contributed by atoms with E-state index in [9.17, 15) is 8.42 Å². The summed E-state index contributed by atoms with van der Waals surface area (Å²) < 4.78 is 31.6. The van der Waals surface area contributed by atoms with Crippen LogP contribution in [-0.4, -0.2) is 37.9 Å². The molecule has 0 unspecified atom stereocenters. The first-order chi connectivity index (χ1) is 6.17. The van der Waals surface area contributed by atoms with Gasteiger partial charge in [-0.05, 0) is 12.8 Å². The van der Waals surface area contributed by atoms with Crippen LogP contribution in [0, 0.1) is 0 Å². The Morgan fingerprint density at radius 2 is 2.00 bits per heavy atom. The molecule has 6 heteroatoms. The molecule has 0 amide bonds. The molecule has 1 saturated heterocycles. The van der Waals surface area contributed by atoms with E-state index in [1.165, 1.54) is 0 Å². The lowest BCUT2D eigenvalue weighted by atomic mass is 10.2. The van der Waals surface area contributed by atoms with Gasteiger partial charge in [0.25, 0.3) is 0 Å². The molecule has 1 N–H and O–H groups in total. The Hall–Kier alpha value is 0.600. The first kappa shape index (κ1) is 11.7. The van der Waals surface area contributed by atoms with E-state index in [0.29, 0.717) is 32.6 Å². The minimum atomic E-state index is -3.08. The summed E-state index contributed by atoms with van der Waals surface area (Å²) in [6.07, 6.45) is 1.24. The number of sulfonamides is 1. The third-order valence-electron chi connectivity index (χ3n) is 2.00. The molecule has 1 aliphatic rings. The van der Waals surface area contributed by atoms with Crippen LogP contribution in [0.2, 0.25) is 0 Å². The summed E-state index contributed by atoms with van der Waals surface area (Å²) in [7, 11) is -3.08. The van der Waals surface area contributed by atoms with Crippen molar-refractivity contribution in [2.75, 3.05) is 24.2 Å². The number of halogens is 1. The monoisotopic (exact) mass is 319 g/mol. The van der Waals surface area contributed by atoms with Gasteiger partial charge in [-0.25, -0.2) is 13.1 Å². The summed E-state index contributed by atoms with van der Waals surface area (Å²) >= 11 is 2.15. The molecule has 1 rings (SSSR count). The van der Waals surface area contributed by atoms with Crippen LogP contribution >= 0.6 is 22.6 Å². The minimum absolute atomic E-state index is 0.246. The zero-order chi connectivity index (χ0) is 9.73. The zero-order valence-corrected chi connectivity index (χ0v) is 10.3. The average molecular weight is 319 g/mol. The molecule has 78 valence electrons. The van der Waals surface area contributed by atoms with Gasteiger partial charge in [-0.2, -0.15) is 0 Å². The molecule has 0 aromatic rings. The van der Waals surface area contributed by atoms with E-state index in [-0.39, 0.29) is 5.25 Å². The molecule has 4 nitrogen and oxygen atoms in total. The molecule has 0 aliphatic carbocycles. The van der Waals surface area contributed by atoms with Crippen LogP contribution in [-0.2, 0) is 14.8 Å². The third-order valence-corrected chi connectivity index (χ3v) is 4.50. The van der Waals surface area contributed by atoms with Crippen molar-refractivity contribution >= 4 is 32.6 Å². The van der Waals surface area contributed by atoms with Crippen molar-refractivity contribution in [3.8, 4) is 0 Å². The molecule has 0 radical (unpaired) electrons. The molecule has 0 spiro atoms. The SMILES string of the molecule is O=S(=O)(NCCI)C1CCOCC1. The van der Waals surface area contributed by atoms with Gasteiger partial charge in [-0.1, -0.05) is 22.6 Å². The largest absolute Gasteiger partial charge is 0.381 e. The summed E-state index contributed by atoms with van der Waals surface area (Å²) in [5, 5.41) is -0.246. The van der Waals surface area contributed by atoms with Gasteiger partial charge in [0.2, 0.25) is 10.0 Å². The van der Waals surface area contributed by atoms with Crippen molar-refractivity contribution in [3.05, 3.63) is 0 Å². The average Bonchev–Trinajstić information content (AvgIpc) is 2.16. The Kier molecular flexibility index (Phi) is 4.91. The molecule has 0 bridgehead atoms. The van der Waals surface area contributed by atoms with Gasteiger partial charge in [0.1, 0.15) is 0 Å². The van der Waals surface area contributed by atoms with Crippen molar-refractivity contribution in [3.63, 3.8) is 0 Å². The van der Waals surface area contributed by atoms with E-state index in [4.69, 9.17) is 4.74 Å². The van der Waals surface area contributed by atoms with Gasteiger partial charge in [0.15, 0.2) is 0 Å². The molecule has 0 saturated carbocycles. The van der Waals surface area contributed by atoms with Crippen LogP contribution in [0.4, 0.5) is 0 Å². The highest BCUT2D eigenvalue weighted by Gasteiger charge is 2.26. The Balaban J connectivity index is 2.47. The second-order valence-corrected chi connectivity index (χ2v) is 6.06. The predicted octanol–water partition coefficient (Wildman–Crippen LogP) is 0.520. The lowest BCUT2D eigenvalue weighted by molar-refractivity contribution is 0.0981. The van der Waals surface area contributed by atoms with Crippen molar-refractivity contribution in [1.29, 1.82) is 0 Å². The van der Waals surface area contributed by atoms with E-state index in [2.05, 4.69) is 27.3 Å². The first-order valence-electron chi connectivity index (χ1n) is 4.29. The van der Waals surface area contributed by atoms with Crippen LogP contribution in [0.25, 0.3) is 0 Å². The number of nitrogens with one attached hydrogen (secondary N) is 1. The molecular weight excluding hydrogens is 305 g/mol. The summed E-state index contributed by atoms with van der Waals surface area (Å²) in [5.74, 6) is 0. The maximum Gasteiger partial charge on any atom is 0.214 e. The van der Waals surface area contributed by atoms with Crippen molar-refractivity contribution < 1.29 is 13.2 Å². The van der Waals surface area contributed by atoms with Gasteiger partial charge >= 0.3 is 0 Å². The summed E-state index contributed by atoms with van der Waals surface area (Å²) in [6, 6.07) is 0. The molecule has 0 aromatic heterocycles. The fourth-order valence-electron chi connectivity index (χ4n) is 1.28. The normalized spacial score (nSPS) is 20.4. The molecule has 1 fully saturated rings. The van der Waals surface area contributed by atoms with Crippen molar-refractivity contribution in [2.45, 2.75) is 18.1 Å². The molecule has 1 heterocycles. The van der Waals surface area contributed by atoms with Crippen LogP contribution in [0.3, 0.4) is 0 Å². The maximum atomic E-state index is 11.6. The number of hydrogen-bond donors (Lipinski definition) is 1. The summed E-state index contributed by atoms with van der Waals surface area (Å²) in [6.45, 7) is 1.66. The van der Waals surface area contributed by atoms with Crippen LogP contribution in [0.15, 0.2) is 0 Å². The van der Waals surface area contributed by atoms with E-state index in [1.807, 2.05) is 0 Å². The smallest absolute Gasteiger partial charge is 0.214 e. The van der Waals surface area contributed by atoms with E-state index < -0.39 is 10.0 Å². The highest BCUT2D eigenvalue weighted by atomic mass is 127. The molecule has 0 atom stereocenters. The number of alkyl halides is 1. The maximum absolute atomic E-state index is 11.6. The van der Waals surface area contributed by atoms with Crippen molar-refractivity contribution in [2.24, 2.45) is 0 Å². The second kappa shape index (κ2) is 5.47. The predicted molar refractivity (Wildman–Crippen MR) is 59.7 cm³/mol. The Bertz CT molecular complexity index is 236. The fraction of sp³-hybridized carbons (Fsp3) is 1.00. The highest BCUT2D eigenvalue weighted by molar-refractivity contribution is 14.1. The van der Waals surface area contributed by atoms with E-state index in [0.717, 1.165) is 4.43 Å². The molecular formula is C7H14INO3S. The Morgan fingerprint density at radius 3 is 2.54 bits per heavy atom. The minimum Gasteiger partial charge on any atom is -0.381 e. The lowest BCUT2D eigenvalue weighted by Gasteiger charge is -2.22. The third kappa shape index (κ3) is 3.69. The summed E-state index contributed by atoms with van der Waals surface area (Å²) in [5.41, 5.74) is 0. The fourth-order valence-corrected chi connectivity index (χ4v) is 3.36. The Morgan fingerprint density at radius 1 is 1.38 bits per heavy atom. The summed E-state index contributed by atoms with van der Waals surface area (Å²) in [4.78, 5) is 0. The lowest BCUT2D eigenvalue weighted by Crippen LogP contribution is -2.38. The van der Waals surface area contributed by atoms with Gasteiger partial charge < -0.3 is 4.74 Å². The second-order valence-electron chi connectivity index (χ2n) is 2.94. The van der Waals surface area contributed by atoms with Crippen LogP contribution < -0.4 is 4.72 Å². The van der Waals surface area contributed by atoms with Crippen LogP contribution in [0.5, 0.6) is 0 Å². The number of rotatable bonds is 4. The standard InChI is InChI=1S/C7H14INO3S/c8-3-4-9-13(10,11)7-1-5-12-6-2-7/h7,9H,1-6H2. The quantitative estimate of drug-likeness (QED) is 0.607. The first-order valence-corrected chi connectivity index (χ1v) is 7.36. The Labute approximate surface area is 92.6 Å². The topological polar surface area (TPSA) is 55.4 Å². The van der Waals surface area contributed by atoms with Crippen molar-refractivity contribution in [1.82, 2.24) is 4.72 Å². The number of hydrogen-bond acceptors (Lipinski definition) is 3. The van der Waals surface area contributed by atoms with Crippen LogP contribution in [0.1, 0.15) is 12.8 Å². The van der Waals surface area contributed by atoms with Gasteiger partial charge in [-0.15, -0.1) is 0 Å². The van der Waals surface area contributed by atoms with E-state index in [1.54, 1.807) is 0 Å². The zero-order valence-electron chi connectivity index (χ0n) is 7.33. The van der Waals surface area contributed by atoms with E-state index >= 15 is 0 Å².